The van der Waals surface area contributed by atoms with Gasteiger partial charge in [0, 0.05) is 49.2 Å². The molecule has 0 bridgehead atoms. The molecule has 2 amide bonds. The number of fused-ring (bicyclic) bond motifs is 2. The lowest BCUT2D eigenvalue weighted by atomic mass is 10.0. The number of benzene rings is 2. The number of aryl methyl sites for hydroxylation is 1. The number of hydrogen-bond acceptors (Lipinski definition) is 7. The minimum Gasteiger partial charge on any atom is -0.384 e. The molecule has 0 radical (unpaired) electrons. The normalized spacial score (nSPS) is 14.8. The predicted molar refractivity (Wildman–Crippen MR) is 160 cm³/mol. The first kappa shape index (κ1) is 28.1. The fourth-order valence-electron chi connectivity index (χ4n) is 4.58. The summed E-state index contributed by atoms with van der Waals surface area (Å²) in [7, 11) is 1.50. The van der Waals surface area contributed by atoms with Crippen molar-refractivity contribution in [1.82, 2.24) is 20.2 Å². The third-order valence-electron chi connectivity index (χ3n) is 7.02. The van der Waals surface area contributed by atoms with E-state index in [0.29, 0.717) is 32.1 Å². The molecule has 0 spiro atoms. The number of methoxy groups -OCH3 is 1. The number of nitrogens with zero attached hydrogens (tertiary/aromatic N) is 2. The van der Waals surface area contributed by atoms with Crippen molar-refractivity contribution in [1.29, 1.82) is 0 Å². The highest BCUT2D eigenvalue weighted by atomic mass is 32.2. The van der Waals surface area contributed by atoms with Crippen LogP contribution in [0.25, 0.3) is 32.1 Å². The topological polar surface area (TPSA) is 119 Å². The van der Waals surface area contributed by atoms with E-state index in [2.05, 4.69) is 15.6 Å². The molecular formula is C27H30BFN4O5S2. The number of pyridine rings is 1. The summed E-state index contributed by atoms with van der Waals surface area (Å²) in [4.78, 5) is 42.4. The van der Waals surface area contributed by atoms with E-state index in [0.717, 1.165) is 12.8 Å². The Bertz CT molecular complexity index is 1740. The van der Waals surface area contributed by atoms with Crippen LogP contribution in [0.5, 0.6) is 0 Å². The second kappa shape index (κ2) is 11.2. The molecule has 1 unspecified atom stereocenters. The first-order chi connectivity index (χ1) is 19.1. The van der Waals surface area contributed by atoms with Gasteiger partial charge in [-0.2, -0.15) is 0 Å². The summed E-state index contributed by atoms with van der Waals surface area (Å²) in [5, 5.41) is 5.83. The molecule has 1 saturated carbocycles. The van der Waals surface area contributed by atoms with Crippen LogP contribution in [0.4, 0.5) is 4.39 Å². The molecule has 2 aromatic heterocycles. The molecule has 2 N–H and O–H groups in total. The van der Waals surface area contributed by atoms with Crippen LogP contribution in [0.2, 0.25) is 0 Å². The number of nitrogens with one attached hydrogen (secondary N) is 2. The Balaban J connectivity index is 1.49. The van der Waals surface area contributed by atoms with Gasteiger partial charge in [0.15, 0.2) is 7.12 Å². The van der Waals surface area contributed by atoms with Crippen molar-refractivity contribution in [2.75, 3.05) is 26.0 Å². The molecule has 1 atom stereocenters. The van der Waals surface area contributed by atoms with Crippen LogP contribution in [-0.4, -0.2) is 64.8 Å². The zero-order valence-electron chi connectivity index (χ0n) is 22.4. The van der Waals surface area contributed by atoms with Crippen LogP contribution < -0.4 is 16.2 Å². The number of aromatic nitrogens is 2. The Morgan fingerprint density at radius 1 is 1.27 bits per heavy atom. The van der Waals surface area contributed by atoms with E-state index in [9.17, 15) is 18.6 Å². The number of rotatable bonds is 10. The first-order valence-corrected chi connectivity index (χ1v) is 16.1. The van der Waals surface area contributed by atoms with Gasteiger partial charge in [-0.3, -0.25) is 18.6 Å². The fourth-order valence-corrected chi connectivity index (χ4v) is 8.30. The summed E-state index contributed by atoms with van der Waals surface area (Å²) in [6.45, 7) is -0.0423. The van der Waals surface area contributed by atoms with Gasteiger partial charge in [-0.15, -0.1) is 21.1 Å². The van der Waals surface area contributed by atoms with Gasteiger partial charge in [-0.1, -0.05) is 6.07 Å². The SMILES string of the molecule is B[SH](=O)(CCOC)C(C(=O)NCC(=O)NC1CC1)c1nc2cc(F)c(-c3ccc4c(=O)n(C)ccc4c3)cc2s1. The van der Waals surface area contributed by atoms with Gasteiger partial charge in [-0.05, 0) is 48.1 Å². The Kier molecular flexibility index (Phi) is 7.89. The number of amides is 2. The van der Waals surface area contributed by atoms with Crippen molar-refractivity contribution in [3.05, 3.63) is 63.8 Å². The summed E-state index contributed by atoms with van der Waals surface area (Å²) >= 11 is 1.17. The molecule has 1 aliphatic rings. The highest BCUT2D eigenvalue weighted by molar-refractivity contribution is 8.22. The Hall–Kier alpha value is -3.42. The van der Waals surface area contributed by atoms with Crippen LogP contribution >= 0.6 is 11.3 Å². The van der Waals surface area contributed by atoms with Crippen LogP contribution in [0, 0.1) is 5.82 Å². The van der Waals surface area contributed by atoms with E-state index in [1.54, 1.807) is 43.6 Å². The number of halogens is 1. The maximum atomic E-state index is 15.3. The largest absolute Gasteiger partial charge is 0.384 e. The highest BCUT2D eigenvalue weighted by Crippen LogP contribution is 2.37. The van der Waals surface area contributed by atoms with Gasteiger partial charge in [0.2, 0.25) is 11.8 Å². The molecule has 1 fully saturated rings. The maximum absolute atomic E-state index is 15.3. The standard InChI is InChI=1S/C27H30BFN4O5S2/c1-33-8-7-16-11-15(3-6-18(16)27(33)36)19-12-22-21(13-20(19)29)32-26(39-22)24(40(28,37)10-9-38-2)25(35)30-14-23(34)31-17-4-5-17/h3,6-8,11-13,17,24,40H,4-5,9-10,14,28H2,1-2H3,(H,30,35)(H,31,34). The number of thiazole rings is 1. The minimum absolute atomic E-state index is 0.140. The smallest absolute Gasteiger partial charge is 0.258 e. The Labute approximate surface area is 235 Å². The molecule has 0 saturated heterocycles. The molecule has 5 rings (SSSR count). The lowest BCUT2D eigenvalue weighted by Gasteiger charge is -2.26. The van der Waals surface area contributed by atoms with Gasteiger partial charge in [0.25, 0.3) is 5.56 Å². The van der Waals surface area contributed by atoms with Gasteiger partial charge in [-0.25, -0.2) is 9.37 Å². The van der Waals surface area contributed by atoms with Gasteiger partial charge in [0.1, 0.15) is 16.1 Å². The molecule has 0 aliphatic heterocycles. The fraction of sp³-hybridized carbons (Fsp3) is 0.333. The van der Waals surface area contributed by atoms with E-state index in [4.69, 9.17) is 4.74 Å². The lowest BCUT2D eigenvalue weighted by Crippen LogP contribution is -2.43. The van der Waals surface area contributed by atoms with E-state index in [1.165, 1.54) is 36.2 Å². The van der Waals surface area contributed by atoms with Crippen LogP contribution in [0.1, 0.15) is 23.1 Å². The van der Waals surface area contributed by atoms with Crippen LogP contribution in [-0.2, 0) is 31.2 Å². The average molecular weight is 585 g/mol. The number of hydrogen-bond donors (Lipinski definition) is 3. The van der Waals surface area contributed by atoms with Crippen molar-refractivity contribution in [2.45, 2.75) is 24.1 Å². The predicted octanol–water partition coefficient (Wildman–Crippen LogP) is 1.60. The molecule has 2 heterocycles. The van der Waals surface area contributed by atoms with E-state index < -0.39 is 26.8 Å². The number of thiol groups is 1. The van der Waals surface area contributed by atoms with Crippen molar-refractivity contribution in [3.63, 3.8) is 0 Å². The molecule has 2 aromatic carbocycles. The van der Waals surface area contributed by atoms with Crippen molar-refractivity contribution >= 4 is 61.0 Å². The van der Waals surface area contributed by atoms with Gasteiger partial charge in [0.05, 0.1) is 23.4 Å². The average Bonchev–Trinajstić information content (AvgIpc) is 3.64. The van der Waals surface area contributed by atoms with Gasteiger partial charge < -0.3 is 19.9 Å². The second-order valence-electron chi connectivity index (χ2n) is 10.2. The van der Waals surface area contributed by atoms with E-state index in [-0.39, 0.29) is 41.4 Å². The zero-order valence-corrected chi connectivity index (χ0v) is 24.1. The van der Waals surface area contributed by atoms with Crippen LogP contribution in [0.3, 0.4) is 0 Å². The highest BCUT2D eigenvalue weighted by Gasteiger charge is 2.35. The molecule has 210 valence electrons. The number of carbonyl (C=O) groups is 2. The maximum Gasteiger partial charge on any atom is 0.258 e. The summed E-state index contributed by atoms with van der Waals surface area (Å²) < 4.78 is 36.3. The number of carbonyl (C=O) groups excluding carboxylic acids is 2. The lowest BCUT2D eigenvalue weighted by molar-refractivity contribution is -0.126. The van der Waals surface area contributed by atoms with Crippen molar-refractivity contribution < 1.29 is 22.9 Å². The molecule has 4 aromatic rings. The molecule has 9 nitrogen and oxygen atoms in total. The summed E-state index contributed by atoms with van der Waals surface area (Å²) in [6.07, 6.45) is 3.51. The minimum atomic E-state index is -3.19. The summed E-state index contributed by atoms with van der Waals surface area (Å²) in [5.74, 6) is -1.24. The summed E-state index contributed by atoms with van der Waals surface area (Å²) in [5.41, 5.74) is 1.11. The Morgan fingerprint density at radius 3 is 2.77 bits per heavy atom. The van der Waals surface area contributed by atoms with E-state index >= 15 is 4.39 Å². The van der Waals surface area contributed by atoms with E-state index in [1.807, 2.05) is 0 Å². The number of ether oxygens (including phenoxy) is 1. The Morgan fingerprint density at radius 2 is 2.05 bits per heavy atom. The quantitative estimate of drug-likeness (QED) is 0.193. The second-order valence-corrected chi connectivity index (χ2v) is 14.6. The third-order valence-corrected chi connectivity index (χ3v) is 10.9. The van der Waals surface area contributed by atoms with Crippen LogP contribution in [0.15, 0.2) is 47.4 Å². The third kappa shape index (κ3) is 5.86. The van der Waals surface area contributed by atoms with Crippen molar-refractivity contribution in [2.24, 2.45) is 7.05 Å². The van der Waals surface area contributed by atoms with Crippen molar-refractivity contribution in [3.8, 4) is 11.1 Å². The first-order valence-electron chi connectivity index (χ1n) is 12.9. The van der Waals surface area contributed by atoms with Gasteiger partial charge >= 0.3 is 0 Å². The molecule has 40 heavy (non-hydrogen) atoms. The molecule has 1 aliphatic carbocycles. The molecule has 13 heteroatoms. The molecular weight excluding hydrogens is 554 g/mol. The zero-order chi connectivity index (χ0) is 28.6. The monoisotopic (exact) mass is 584 g/mol. The summed E-state index contributed by atoms with van der Waals surface area (Å²) in [6, 6.07) is 10.0.